The minimum Gasteiger partial charge on any atom is -0.408 e. The van der Waals surface area contributed by atoms with Crippen LogP contribution in [0.4, 0.5) is 5.69 Å². The van der Waals surface area contributed by atoms with Gasteiger partial charge in [-0.05, 0) is 36.6 Å². The van der Waals surface area contributed by atoms with Gasteiger partial charge in [-0.1, -0.05) is 6.07 Å². The molecule has 0 radical (unpaired) electrons. The van der Waals surface area contributed by atoms with E-state index in [9.17, 15) is 9.59 Å². The van der Waals surface area contributed by atoms with Gasteiger partial charge in [0.1, 0.15) is 0 Å². The Kier molecular flexibility index (Phi) is 3.68. The Morgan fingerprint density at radius 3 is 2.91 bits per heavy atom. The van der Waals surface area contributed by atoms with Gasteiger partial charge in [-0.2, -0.15) is 0 Å². The number of thiophene rings is 1. The lowest BCUT2D eigenvalue weighted by molar-refractivity contribution is -0.112. The van der Waals surface area contributed by atoms with Crippen molar-refractivity contribution in [3.05, 3.63) is 56.7 Å². The molecule has 3 rings (SSSR count). The summed E-state index contributed by atoms with van der Waals surface area (Å²) < 4.78 is 6.53. The van der Waals surface area contributed by atoms with Crippen molar-refractivity contribution >= 4 is 40.1 Å². The fourth-order valence-corrected chi connectivity index (χ4v) is 2.81. The third-order valence-electron chi connectivity index (χ3n) is 3.31. The van der Waals surface area contributed by atoms with Gasteiger partial charge in [0.2, 0.25) is 0 Å². The molecule has 1 N–H and O–H groups in total. The summed E-state index contributed by atoms with van der Waals surface area (Å²) in [7, 11) is 1.64. The Bertz CT molecular complexity index is 917. The van der Waals surface area contributed by atoms with Crippen LogP contribution in [0.2, 0.25) is 0 Å². The van der Waals surface area contributed by atoms with Crippen LogP contribution in [0, 0.1) is 0 Å². The number of carbonyl (C=O) groups excluding carboxylic acids is 1. The minimum atomic E-state index is -0.424. The molecule has 0 fully saturated rings. The summed E-state index contributed by atoms with van der Waals surface area (Å²) in [6.07, 6.45) is 1.83. The molecule has 1 amide bonds. The van der Waals surface area contributed by atoms with Crippen LogP contribution in [0.15, 0.2) is 50.5 Å². The molecule has 2 heterocycles. The van der Waals surface area contributed by atoms with Crippen LogP contribution in [-0.2, 0) is 11.8 Å². The van der Waals surface area contributed by atoms with Crippen molar-refractivity contribution in [1.82, 2.24) is 4.57 Å². The molecule has 112 valence electrons. The van der Waals surface area contributed by atoms with Crippen molar-refractivity contribution in [2.75, 3.05) is 5.32 Å². The van der Waals surface area contributed by atoms with Gasteiger partial charge in [-0.15, -0.1) is 11.3 Å². The zero-order chi connectivity index (χ0) is 15.7. The number of amides is 1. The Labute approximate surface area is 130 Å². The van der Waals surface area contributed by atoms with E-state index in [0.29, 0.717) is 22.4 Å². The second-order valence-electron chi connectivity index (χ2n) is 4.91. The van der Waals surface area contributed by atoms with Crippen LogP contribution in [0.1, 0.15) is 11.8 Å². The van der Waals surface area contributed by atoms with Crippen molar-refractivity contribution in [1.29, 1.82) is 0 Å². The van der Waals surface area contributed by atoms with E-state index >= 15 is 0 Å². The van der Waals surface area contributed by atoms with Crippen LogP contribution in [0.3, 0.4) is 0 Å². The molecule has 2 aromatic heterocycles. The van der Waals surface area contributed by atoms with E-state index in [1.54, 1.807) is 43.5 Å². The van der Waals surface area contributed by atoms with E-state index in [2.05, 4.69) is 5.32 Å². The quantitative estimate of drug-likeness (QED) is 0.755. The Morgan fingerprint density at radius 2 is 2.18 bits per heavy atom. The molecule has 0 aliphatic carbocycles. The van der Waals surface area contributed by atoms with Gasteiger partial charge >= 0.3 is 5.76 Å². The first kappa shape index (κ1) is 14.3. The van der Waals surface area contributed by atoms with Crippen LogP contribution in [0.5, 0.6) is 0 Å². The number of rotatable bonds is 3. The molecular weight excluding hydrogens is 300 g/mol. The molecule has 3 aromatic rings. The molecule has 6 heteroatoms. The van der Waals surface area contributed by atoms with Gasteiger partial charge in [-0.25, -0.2) is 4.79 Å². The lowest BCUT2D eigenvalue weighted by Crippen LogP contribution is -2.12. The van der Waals surface area contributed by atoms with Gasteiger partial charge in [0.05, 0.1) is 5.52 Å². The van der Waals surface area contributed by atoms with Crippen molar-refractivity contribution in [3.8, 4) is 0 Å². The van der Waals surface area contributed by atoms with Gasteiger partial charge in [0, 0.05) is 29.3 Å². The number of carbonyl (C=O) groups is 1. The fourth-order valence-electron chi connectivity index (χ4n) is 2.09. The third-order valence-corrected chi connectivity index (χ3v) is 4.13. The largest absolute Gasteiger partial charge is 0.419 e. The number of aromatic nitrogens is 1. The minimum absolute atomic E-state index is 0.189. The molecule has 0 aliphatic rings. The number of benzene rings is 1. The van der Waals surface area contributed by atoms with Gasteiger partial charge < -0.3 is 9.73 Å². The highest BCUT2D eigenvalue weighted by Crippen LogP contribution is 2.19. The topological polar surface area (TPSA) is 64.2 Å². The number of fused-ring (bicyclic) bond motifs is 1. The molecule has 5 nitrogen and oxygen atoms in total. The van der Waals surface area contributed by atoms with Crippen molar-refractivity contribution in [2.45, 2.75) is 6.92 Å². The number of nitrogens with zero attached hydrogens (tertiary/aromatic N) is 1. The van der Waals surface area contributed by atoms with Crippen LogP contribution in [0.25, 0.3) is 17.2 Å². The van der Waals surface area contributed by atoms with E-state index in [0.717, 1.165) is 4.88 Å². The van der Waals surface area contributed by atoms with E-state index in [4.69, 9.17) is 4.42 Å². The van der Waals surface area contributed by atoms with Gasteiger partial charge in [-0.3, -0.25) is 9.36 Å². The SMILES string of the molecule is C/C(=C\c1cccs1)C(=O)Nc1ccc2c(c1)oc(=O)n2C. The monoisotopic (exact) mass is 314 g/mol. The number of anilines is 1. The van der Waals surface area contributed by atoms with E-state index in [1.165, 1.54) is 4.57 Å². The second-order valence-corrected chi connectivity index (χ2v) is 5.89. The lowest BCUT2D eigenvalue weighted by Gasteiger charge is -2.05. The van der Waals surface area contributed by atoms with Crippen molar-refractivity contribution in [3.63, 3.8) is 0 Å². The van der Waals surface area contributed by atoms with E-state index in [-0.39, 0.29) is 5.91 Å². The zero-order valence-electron chi connectivity index (χ0n) is 12.1. The lowest BCUT2D eigenvalue weighted by atomic mass is 10.2. The standard InChI is InChI=1S/C16H14N2O3S/c1-10(8-12-4-3-7-22-12)15(19)17-11-5-6-13-14(9-11)21-16(20)18(13)2/h3-9H,1-2H3,(H,17,19)/b10-8+. The molecule has 0 saturated carbocycles. The zero-order valence-corrected chi connectivity index (χ0v) is 12.9. The number of oxazole rings is 1. The smallest absolute Gasteiger partial charge is 0.408 e. The Balaban J connectivity index is 1.83. The maximum atomic E-state index is 12.2. The predicted molar refractivity (Wildman–Crippen MR) is 88.1 cm³/mol. The summed E-state index contributed by atoms with van der Waals surface area (Å²) in [4.78, 5) is 24.7. The summed E-state index contributed by atoms with van der Waals surface area (Å²) in [6.45, 7) is 1.76. The van der Waals surface area contributed by atoms with Crippen LogP contribution >= 0.6 is 11.3 Å². The molecule has 0 spiro atoms. The highest BCUT2D eigenvalue weighted by molar-refractivity contribution is 7.10. The predicted octanol–water partition coefficient (Wildman–Crippen LogP) is 3.24. The number of hydrogen-bond donors (Lipinski definition) is 1. The molecule has 0 aliphatic heterocycles. The van der Waals surface area contributed by atoms with Crippen molar-refractivity contribution < 1.29 is 9.21 Å². The molecule has 0 saturated heterocycles. The van der Waals surface area contributed by atoms with E-state index in [1.807, 2.05) is 23.6 Å². The molecule has 0 bridgehead atoms. The Morgan fingerprint density at radius 1 is 1.36 bits per heavy atom. The molecule has 0 atom stereocenters. The Hall–Kier alpha value is -2.60. The average Bonchev–Trinajstić information content (AvgIpc) is 3.08. The molecule has 0 unspecified atom stereocenters. The first-order chi connectivity index (χ1) is 10.5. The fraction of sp³-hybridized carbons (Fsp3) is 0.125. The third kappa shape index (κ3) is 2.73. The maximum absolute atomic E-state index is 12.2. The molecular formula is C16H14N2O3S. The van der Waals surface area contributed by atoms with Crippen molar-refractivity contribution in [2.24, 2.45) is 7.05 Å². The average molecular weight is 314 g/mol. The number of hydrogen-bond acceptors (Lipinski definition) is 4. The number of nitrogens with one attached hydrogen (secondary N) is 1. The first-order valence-corrected chi connectivity index (χ1v) is 7.55. The normalized spacial score (nSPS) is 11.8. The molecule has 22 heavy (non-hydrogen) atoms. The van der Waals surface area contributed by atoms with Crippen LogP contribution in [-0.4, -0.2) is 10.5 Å². The maximum Gasteiger partial charge on any atom is 0.419 e. The van der Waals surface area contributed by atoms with E-state index < -0.39 is 5.76 Å². The first-order valence-electron chi connectivity index (χ1n) is 6.67. The summed E-state index contributed by atoms with van der Waals surface area (Å²) >= 11 is 1.57. The summed E-state index contributed by atoms with van der Waals surface area (Å²) in [5, 5.41) is 4.76. The van der Waals surface area contributed by atoms with Gasteiger partial charge in [0.15, 0.2) is 5.58 Å². The molecule has 1 aromatic carbocycles. The van der Waals surface area contributed by atoms with Crippen LogP contribution < -0.4 is 11.1 Å². The summed E-state index contributed by atoms with van der Waals surface area (Å²) in [6, 6.07) is 9.02. The number of aryl methyl sites for hydroxylation is 1. The second kappa shape index (κ2) is 5.65. The summed E-state index contributed by atoms with van der Waals surface area (Å²) in [5.41, 5.74) is 2.34. The summed E-state index contributed by atoms with van der Waals surface area (Å²) in [5.74, 6) is -0.613. The highest BCUT2D eigenvalue weighted by Gasteiger charge is 2.09. The highest BCUT2D eigenvalue weighted by atomic mass is 32.1. The van der Waals surface area contributed by atoms with Gasteiger partial charge in [0.25, 0.3) is 5.91 Å².